The van der Waals surface area contributed by atoms with Crippen molar-refractivity contribution in [1.29, 1.82) is 0 Å². The van der Waals surface area contributed by atoms with Crippen LogP contribution in [0.1, 0.15) is 5.56 Å². The number of amides is 1. The monoisotopic (exact) mass is 379 g/mol. The summed E-state index contributed by atoms with van der Waals surface area (Å²) in [5.74, 6) is 0.899. The zero-order chi connectivity index (χ0) is 18.8. The number of rotatable bonds is 5. The molecule has 4 aromatic rings. The van der Waals surface area contributed by atoms with Gasteiger partial charge in [0.1, 0.15) is 5.75 Å². The van der Waals surface area contributed by atoms with Crippen LogP contribution < -0.4 is 10.1 Å². The van der Waals surface area contributed by atoms with E-state index in [-0.39, 0.29) is 12.3 Å². The van der Waals surface area contributed by atoms with Crippen LogP contribution in [0.15, 0.2) is 48.5 Å². The van der Waals surface area contributed by atoms with Crippen LogP contribution in [0.3, 0.4) is 0 Å². The van der Waals surface area contributed by atoms with Gasteiger partial charge in [-0.05, 0) is 12.1 Å². The van der Waals surface area contributed by atoms with Gasteiger partial charge in [0.2, 0.25) is 5.91 Å². The van der Waals surface area contributed by atoms with E-state index in [1.165, 1.54) is 0 Å². The Morgan fingerprint density at radius 2 is 1.63 bits per heavy atom. The maximum Gasteiger partial charge on any atom is 0.224 e. The van der Waals surface area contributed by atoms with E-state index in [2.05, 4.69) is 5.32 Å². The SMILES string of the molecule is COc1c(CC(=O)NCCCl)c2nc3ccccc3nc2c2ccccc12. The van der Waals surface area contributed by atoms with E-state index < -0.39 is 0 Å². The molecule has 1 amide bonds. The summed E-state index contributed by atoms with van der Waals surface area (Å²) in [6, 6.07) is 15.6. The molecule has 0 spiro atoms. The van der Waals surface area contributed by atoms with Crippen molar-refractivity contribution in [3.63, 3.8) is 0 Å². The molecule has 0 atom stereocenters. The van der Waals surface area contributed by atoms with E-state index in [0.717, 1.165) is 32.9 Å². The number of halogens is 1. The van der Waals surface area contributed by atoms with Gasteiger partial charge in [-0.2, -0.15) is 0 Å². The molecule has 0 unspecified atom stereocenters. The predicted octanol–water partition coefficient (Wildman–Crippen LogP) is 3.84. The molecule has 1 N–H and O–H groups in total. The summed E-state index contributed by atoms with van der Waals surface area (Å²) in [6.07, 6.45) is 0.147. The van der Waals surface area contributed by atoms with Crippen molar-refractivity contribution in [3.05, 3.63) is 54.1 Å². The third-order valence-corrected chi connectivity index (χ3v) is 4.70. The zero-order valence-electron chi connectivity index (χ0n) is 14.8. The van der Waals surface area contributed by atoms with Crippen molar-refractivity contribution >= 4 is 50.3 Å². The molecule has 0 aliphatic carbocycles. The molecular weight excluding hydrogens is 362 g/mol. The highest BCUT2D eigenvalue weighted by Crippen LogP contribution is 2.37. The molecule has 0 bridgehead atoms. The third-order valence-electron chi connectivity index (χ3n) is 4.52. The lowest BCUT2D eigenvalue weighted by Crippen LogP contribution is -2.27. The van der Waals surface area contributed by atoms with Crippen molar-refractivity contribution in [2.24, 2.45) is 0 Å². The fourth-order valence-corrected chi connectivity index (χ4v) is 3.46. The second kappa shape index (κ2) is 7.37. The van der Waals surface area contributed by atoms with Gasteiger partial charge in [-0.3, -0.25) is 4.79 Å². The van der Waals surface area contributed by atoms with Gasteiger partial charge in [0.25, 0.3) is 0 Å². The maximum atomic E-state index is 12.4. The molecule has 0 aliphatic heterocycles. The molecule has 4 rings (SSSR count). The van der Waals surface area contributed by atoms with Crippen LogP contribution in [0.2, 0.25) is 0 Å². The van der Waals surface area contributed by atoms with Crippen molar-refractivity contribution in [3.8, 4) is 5.75 Å². The van der Waals surface area contributed by atoms with Crippen LogP contribution in [0.4, 0.5) is 0 Å². The summed E-state index contributed by atoms with van der Waals surface area (Å²) in [6.45, 7) is 0.419. The number of ether oxygens (including phenoxy) is 1. The smallest absolute Gasteiger partial charge is 0.224 e. The molecule has 136 valence electrons. The van der Waals surface area contributed by atoms with Gasteiger partial charge in [-0.1, -0.05) is 36.4 Å². The van der Waals surface area contributed by atoms with Gasteiger partial charge in [0.15, 0.2) is 0 Å². The number of para-hydroxylation sites is 2. The number of carbonyl (C=O) groups is 1. The molecule has 1 heterocycles. The van der Waals surface area contributed by atoms with Crippen molar-refractivity contribution in [2.45, 2.75) is 6.42 Å². The Kier molecular flexibility index (Phi) is 4.77. The van der Waals surface area contributed by atoms with E-state index in [9.17, 15) is 4.79 Å². The highest BCUT2D eigenvalue weighted by molar-refractivity contribution is 6.18. The minimum atomic E-state index is -0.125. The second-order valence-corrected chi connectivity index (χ2v) is 6.56. The van der Waals surface area contributed by atoms with Gasteiger partial charge in [0.05, 0.1) is 35.6 Å². The van der Waals surface area contributed by atoms with Crippen molar-refractivity contribution in [1.82, 2.24) is 15.3 Å². The minimum absolute atomic E-state index is 0.125. The second-order valence-electron chi connectivity index (χ2n) is 6.18. The molecule has 0 fully saturated rings. The van der Waals surface area contributed by atoms with Crippen molar-refractivity contribution < 1.29 is 9.53 Å². The number of alkyl halides is 1. The number of aromatic nitrogens is 2. The fraction of sp³-hybridized carbons (Fsp3) is 0.190. The third kappa shape index (κ3) is 3.15. The Bertz CT molecular complexity index is 1160. The molecule has 3 aromatic carbocycles. The number of benzene rings is 3. The van der Waals surface area contributed by atoms with Gasteiger partial charge in [0, 0.05) is 28.8 Å². The Labute approximate surface area is 161 Å². The minimum Gasteiger partial charge on any atom is -0.496 e. The van der Waals surface area contributed by atoms with Gasteiger partial charge >= 0.3 is 0 Å². The van der Waals surface area contributed by atoms with Crippen LogP contribution in [0, 0.1) is 0 Å². The first-order valence-electron chi connectivity index (χ1n) is 8.69. The fourth-order valence-electron chi connectivity index (χ4n) is 3.36. The van der Waals surface area contributed by atoms with Crippen LogP contribution in [0.25, 0.3) is 32.8 Å². The molecule has 0 saturated carbocycles. The maximum absolute atomic E-state index is 12.4. The normalized spacial score (nSPS) is 11.2. The van der Waals surface area contributed by atoms with Gasteiger partial charge in [-0.25, -0.2) is 9.97 Å². The Morgan fingerprint density at radius 3 is 2.30 bits per heavy atom. The molecule has 27 heavy (non-hydrogen) atoms. The average Bonchev–Trinajstić information content (AvgIpc) is 2.71. The molecule has 1 aromatic heterocycles. The number of hydrogen-bond acceptors (Lipinski definition) is 4. The highest BCUT2D eigenvalue weighted by Gasteiger charge is 2.20. The summed E-state index contributed by atoms with van der Waals surface area (Å²) in [5, 5.41) is 4.67. The summed E-state index contributed by atoms with van der Waals surface area (Å²) in [7, 11) is 1.61. The van der Waals surface area contributed by atoms with E-state index in [4.69, 9.17) is 26.3 Å². The number of carbonyl (C=O) groups excluding carboxylic acids is 1. The van der Waals surface area contributed by atoms with Crippen LogP contribution in [-0.4, -0.2) is 35.4 Å². The van der Waals surface area contributed by atoms with Crippen LogP contribution in [0.5, 0.6) is 5.75 Å². The zero-order valence-corrected chi connectivity index (χ0v) is 15.6. The Hall–Kier alpha value is -2.92. The highest BCUT2D eigenvalue weighted by atomic mass is 35.5. The molecule has 0 aliphatic rings. The molecular formula is C21H18ClN3O2. The lowest BCUT2D eigenvalue weighted by Gasteiger charge is -2.15. The summed E-state index contributed by atoms with van der Waals surface area (Å²) in [5.41, 5.74) is 3.79. The van der Waals surface area contributed by atoms with Crippen molar-refractivity contribution in [2.75, 3.05) is 19.5 Å². The topological polar surface area (TPSA) is 64.1 Å². The van der Waals surface area contributed by atoms with Crippen LogP contribution >= 0.6 is 11.6 Å². The first-order chi connectivity index (χ1) is 13.2. The van der Waals surface area contributed by atoms with Crippen LogP contribution in [-0.2, 0) is 11.2 Å². The number of methoxy groups -OCH3 is 1. The van der Waals surface area contributed by atoms with E-state index in [0.29, 0.717) is 23.7 Å². The quantitative estimate of drug-likeness (QED) is 0.325. The predicted molar refractivity (Wildman–Crippen MR) is 109 cm³/mol. The molecule has 5 nitrogen and oxygen atoms in total. The largest absolute Gasteiger partial charge is 0.496 e. The molecule has 6 heteroatoms. The lowest BCUT2D eigenvalue weighted by molar-refractivity contribution is -0.120. The first-order valence-corrected chi connectivity index (χ1v) is 9.23. The van der Waals surface area contributed by atoms with E-state index in [1.807, 2.05) is 48.5 Å². The first kappa shape index (κ1) is 17.5. The molecule has 0 radical (unpaired) electrons. The summed E-state index contributed by atoms with van der Waals surface area (Å²) >= 11 is 5.68. The number of nitrogens with zero attached hydrogens (tertiary/aromatic N) is 2. The standard InChI is InChI=1S/C21H18ClN3O2/c1-27-21-14-7-3-2-6-13(14)19-20(15(21)12-18(26)23-11-10-22)25-17-9-5-4-8-16(17)24-19/h2-9H,10-12H2,1H3,(H,23,26). The Morgan fingerprint density at radius 1 is 1.00 bits per heavy atom. The van der Waals surface area contributed by atoms with Gasteiger partial charge in [-0.15, -0.1) is 11.6 Å². The summed E-state index contributed by atoms with van der Waals surface area (Å²) in [4.78, 5) is 22.1. The Balaban J connectivity index is 2.04. The molecule has 0 saturated heterocycles. The lowest BCUT2D eigenvalue weighted by atomic mass is 9.99. The van der Waals surface area contributed by atoms with E-state index >= 15 is 0 Å². The van der Waals surface area contributed by atoms with E-state index in [1.54, 1.807) is 7.11 Å². The number of hydrogen-bond donors (Lipinski definition) is 1. The number of fused-ring (bicyclic) bond motifs is 4. The summed E-state index contributed by atoms with van der Waals surface area (Å²) < 4.78 is 5.71. The van der Waals surface area contributed by atoms with Gasteiger partial charge < -0.3 is 10.1 Å². The number of nitrogens with one attached hydrogen (secondary N) is 1. The average molecular weight is 380 g/mol.